The standard InChI is InChI=1S/C27H34N2O5S/c1-3-4-9-18(16-25(30)29-24(26(31)32)14-15-35-2)28-27(33)34-17-23-21-12-7-5-10-19(21)20-11-6-8-13-22(20)23/h5-8,10-13,18,23-24H,3-4,9,14-17H2,1-2H3,(H,28,33)(H,29,30)(H,31,32)/t18-,24?/m0/s1. The van der Waals surface area contributed by atoms with Gasteiger partial charge in [0.1, 0.15) is 12.6 Å². The minimum Gasteiger partial charge on any atom is -0.480 e. The minimum absolute atomic E-state index is 0.00719. The number of fused-ring (bicyclic) bond motifs is 3. The smallest absolute Gasteiger partial charge is 0.407 e. The van der Waals surface area contributed by atoms with E-state index in [4.69, 9.17) is 4.74 Å². The van der Waals surface area contributed by atoms with Crippen molar-refractivity contribution >= 4 is 29.7 Å². The largest absolute Gasteiger partial charge is 0.480 e. The van der Waals surface area contributed by atoms with E-state index < -0.39 is 30.1 Å². The van der Waals surface area contributed by atoms with Crippen molar-refractivity contribution in [3.8, 4) is 11.1 Å². The Morgan fingerprint density at radius 3 is 2.20 bits per heavy atom. The quantitative estimate of drug-likeness (QED) is 0.367. The molecule has 0 aliphatic heterocycles. The van der Waals surface area contributed by atoms with E-state index >= 15 is 0 Å². The zero-order valence-electron chi connectivity index (χ0n) is 20.3. The Hall–Kier alpha value is -3.00. The number of amides is 2. The van der Waals surface area contributed by atoms with Gasteiger partial charge in [0.05, 0.1) is 0 Å². The number of ether oxygens (including phenoxy) is 1. The summed E-state index contributed by atoms with van der Waals surface area (Å²) in [5.41, 5.74) is 4.58. The molecule has 2 aromatic rings. The predicted octanol–water partition coefficient (Wildman–Crippen LogP) is 4.80. The number of carbonyl (C=O) groups is 3. The van der Waals surface area contributed by atoms with Crippen LogP contribution in [0.1, 0.15) is 56.1 Å². The highest BCUT2D eigenvalue weighted by molar-refractivity contribution is 7.98. The number of aliphatic carboxylic acids is 1. The average molecular weight is 499 g/mol. The molecule has 0 spiro atoms. The van der Waals surface area contributed by atoms with Gasteiger partial charge in [-0.25, -0.2) is 9.59 Å². The van der Waals surface area contributed by atoms with Gasteiger partial charge in [-0.3, -0.25) is 4.79 Å². The average Bonchev–Trinajstić information content (AvgIpc) is 3.17. The first-order valence-corrected chi connectivity index (χ1v) is 13.5. The van der Waals surface area contributed by atoms with Gasteiger partial charge in [0.2, 0.25) is 5.91 Å². The topological polar surface area (TPSA) is 105 Å². The van der Waals surface area contributed by atoms with Crippen molar-refractivity contribution in [2.24, 2.45) is 0 Å². The van der Waals surface area contributed by atoms with Gasteiger partial charge in [-0.15, -0.1) is 0 Å². The number of rotatable bonds is 13. The first-order valence-electron chi connectivity index (χ1n) is 12.1. The molecular formula is C27H34N2O5S. The van der Waals surface area contributed by atoms with E-state index in [2.05, 4.69) is 34.9 Å². The maximum atomic E-state index is 12.7. The van der Waals surface area contributed by atoms with Crippen LogP contribution in [-0.4, -0.2) is 53.8 Å². The van der Waals surface area contributed by atoms with Crippen LogP contribution >= 0.6 is 11.8 Å². The lowest BCUT2D eigenvalue weighted by Gasteiger charge is -2.21. The third-order valence-electron chi connectivity index (χ3n) is 6.25. The van der Waals surface area contributed by atoms with E-state index in [-0.39, 0.29) is 18.9 Å². The highest BCUT2D eigenvalue weighted by Gasteiger charge is 2.29. The van der Waals surface area contributed by atoms with Crippen LogP contribution in [0.5, 0.6) is 0 Å². The number of hydrogen-bond acceptors (Lipinski definition) is 5. The molecule has 0 aromatic heterocycles. The lowest BCUT2D eigenvalue weighted by atomic mass is 9.98. The molecule has 188 valence electrons. The molecule has 1 aliphatic rings. The fourth-order valence-electron chi connectivity index (χ4n) is 4.45. The molecule has 8 heteroatoms. The van der Waals surface area contributed by atoms with Crippen LogP contribution in [0.2, 0.25) is 0 Å². The van der Waals surface area contributed by atoms with Gasteiger partial charge in [0.25, 0.3) is 0 Å². The van der Waals surface area contributed by atoms with Gasteiger partial charge in [-0.2, -0.15) is 11.8 Å². The molecular weight excluding hydrogens is 464 g/mol. The van der Waals surface area contributed by atoms with E-state index in [1.165, 1.54) is 11.8 Å². The van der Waals surface area contributed by atoms with Crippen LogP contribution in [0, 0.1) is 0 Å². The summed E-state index contributed by atoms with van der Waals surface area (Å²) in [6, 6.07) is 14.9. The van der Waals surface area contributed by atoms with Crippen molar-refractivity contribution in [1.82, 2.24) is 10.6 Å². The lowest BCUT2D eigenvalue weighted by molar-refractivity contribution is -0.141. The summed E-state index contributed by atoms with van der Waals surface area (Å²) in [5, 5.41) is 14.8. The molecule has 3 rings (SSSR count). The monoisotopic (exact) mass is 498 g/mol. The van der Waals surface area contributed by atoms with E-state index in [9.17, 15) is 19.5 Å². The molecule has 35 heavy (non-hydrogen) atoms. The Kier molecular flexibility index (Phi) is 10.0. The normalized spacial score (nSPS) is 13.9. The Morgan fingerprint density at radius 1 is 1.00 bits per heavy atom. The van der Waals surface area contributed by atoms with Gasteiger partial charge < -0.3 is 20.5 Å². The van der Waals surface area contributed by atoms with Crippen LogP contribution in [0.15, 0.2) is 48.5 Å². The van der Waals surface area contributed by atoms with Crippen molar-refractivity contribution in [2.45, 2.75) is 57.0 Å². The Balaban J connectivity index is 1.59. The van der Waals surface area contributed by atoms with E-state index in [1.54, 1.807) is 0 Å². The second-order valence-electron chi connectivity index (χ2n) is 8.75. The first kappa shape index (κ1) is 26.6. The molecule has 2 atom stereocenters. The second-order valence-corrected chi connectivity index (χ2v) is 9.74. The van der Waals surface area contributed by atoms with Crippen LogP contribution in [0.3, 0.4) is 0 Å². The molecule has 0 saturated heterocycles. The molecule has 3 N–H and O–H groups in total. The van der Waals surface area contributed by atoms with Gasteiger partial charge in [0.15, 0.2) is 0 Å². The number of carbonyl (C=O) groups excluding carboxylic acids is 2. The highest BCUT2D eigenvalue weighted by atomic mass is 32.2. The number of benzene rings is 2. The summed E-state index contributed by atoms with van der Waals surface area (Å²) < 4.78 is 5.63. The predicted molar refractivity (Wildman–Crippen MR) is 139 cm³/mol. The van der Waals surface area contributed by atoms with E-state index in [1.807, 2.05) is 37.4 Å². The van der Waals surface area contributed by atoms with Crippen molar-refractivity contribution in [3.05, 3.63) is 59.7 Å². The van der Waals surface area contributed by atoms with Gasteiger partial charge in [-0.05, 0) is 47.1 Å². The molecule has 2 aromatic carbocycles. The lowest BCUT2D eigenvalue weighted by Crippen LogP contribution is -2.45. The Bertz CT molecular complexity index is 983. The number of carboxylic acid groups (broad SMARTS) is 1. The van der Waals surface area contributed by atoms with E-state index in [0.717, 1.165) is 35.1 Å². The fourth-order valence-corrected chi connectivity index (χ4v) is 4.92. The fraction of sp³-hybridized carbons (Fsp3) is 0.444. The molecule has 0 fully saturated rings. The Labute approximate surface area is 211 Å². The zero-order valence-corrected chi connectivity index (χ0v) is 21.1. The van der Waals surface area contributed by atoms with Crippen LogP contribution in [0.4, 0.5) is 4.79 Å². The molecule has 0 bridgehead atoms. The zero-order chi connectivity index (χ0) is 25.2. The van der Waals surface area contributed by atoms with Crippen LogP contribution < -0.4 is 10.6 Å². The summed E-state index contributed by atoms with van der Waals surface area (Å²) in [6.45, 7) is 2.23. The van der Waals surface area contributed by atoms with Gasteiger partial charge in [0, 0.05) is 18.4 Å². The number of hydrogen-bond donors (Lipinski definition) is 3. The molecule has 0 saturated carbocycles. The molecule has 0 heterocycles. The first-order chi connectivity index (χ1) is 16.9. The third-order valence-corrected chi connectivity index (χ3v) is 6.89. The number of thioether (sulfide) groups is 1. The van der Waals surface area contributed by atoms with Gasteiger partial charge in [-0.1, -0.05) is 68.3 Å². The van der Waals surface area contributed by atoms with Crippen molar-refractivity contribution in [2.75, 3.05) is 18.6 Å². The van der Waals surface area contributed by atoms with Crippen molar-refractivity contribution in [1.29, 1.82) is 0 Å². The third kappa shape index (κ3) is 7.24. The number of carboxylic acids is 1. The van der Waals surface area contributed by atoms with Crippen molar-refractivity contribution < 1.29 is 24.2 Å². The van der Waals surface area contributed by atoms with Crippen LogP contribution in [0.25, 0.3) is 11.1 Å². The van der Waals surface area contributed by atoms with Crippen molar-refractivity contribution in [3.63, 3.8) is 0 Å². The minimum atomic E-state index is -1.05. The molecule has 7 nitrogen and oxygen atoms in total. The number of alkyl carbamates (subject to hydrolysis) is 1. The summed E-state index contributed by atoms with van der Waals surface area (Å²) in [6.07, 6.45) is 4.02. The molecule has 2 amide bonds. The van der Waals surface area contributed by atoms with Gasteiger partial charge >= 0.3 is 12.1 Å². The van der Waals surface area contributed by atoms with E-state index in [0.29, 0.717) is 18.6 Å². The SMILES string of the molecule is CCCC[C@@H](CC(=O)NC(CCSC)C(=O)O)NC(=O)OCC1c2ccccc2-c2ccccc21. The summed E-state index contributed by atoms with van der Waals surface area (Å²) in [7, 11) is 0. The maximum Gasteiger partial charge on any atom is 0.407 e. The maximum absolute atomic E-state index is 12.7. The molecule has 1 aliphatic carbocycles. The highest BCUT2D eigenvalue weighted by Crippen LogP contribution is 2.44. The summed E-state index contributed by atoms with van der Waals surface area (Å²) >= 11 is 1.53. The summed E-state index contributed by atoms with van der Waals surface area (Å²) in [5.74, 6) is -0.854. The number of nitrogens with one attached hydrogen (secondary N) is 2. The summed E-state index contributed by atoms with van der Waals surface area (Å²) in [4.78, 5) is 36.7. The second kappa shape index (κ2) is 13.2. The van der Waals surface area contributed by atoms with Crippen LogP contribution in [-0.2, 0) is 14.3 Å². The number of unbranched alkanes of at least 4 members (excludes halogenated alkanes) is 1. The molecule has 1 unspecified atom stereocenters. The molecule has 0 radical (unpaired) electrons. The Morgan fingerprint density at radius 2 is 1.63 bits per heavy atom.